The van der Waals surface area contributed by atoms with Gasteiger partial charge in [0, 0.05) is 39.1 Å². The summed E-state index contributed by atoms with van der Waals surface area (Å²) in [5.41, 5.74) is 7.08. The third-order valence-corrected chi connectivity index (χ3v) is 11.2. The molecular weight excluding hydrogens is 600 g/mol. The van der Waals surface area contributed by atoms with Gasteiger partial charge in [-0.15, -0.1) is 0 Å². The highest BCUT2D eigenvalue weighted by Gasteiger charge is 2.43. The summed E-state index contributed by atoms with van der Waals surface area (Å²) in [6.07, 6.45) is 4.93. The van der Waals surface area contributed by atoms with Crippen LogP contribution in [-0.2, 0) is 25.7 Å². The Bertz CT molecular complexity index is 1970. The molecule has 48 heavy (non-hydrogen) atoms. The van der Waals surface area contributed by atoms with Crippen LogP contribution in [-0.4, -0.2) is 62.9 Å². The van der Waals surface area contributed by atoms with Crippen LogP contribution in [0.4, 0.5) is 0 Å². The zero-order valence-corrected chi connectivity index (χ0v) is 28.4. The summed E-state index contributed by atoms with van der Waals surface area (Å²) in [7, 11) is 0. The number of nitrogens with zero attached hydrogens (tertiary/aromatic N) is 3. The molecular formula is C40H42N4O4. The van der Waals surface area contributed by atoms with Crippen molar-refractivity contribution in [1.82, 2.24) is 20.0 Å². The van der Waals surface area contributed by atoms with Gasteiger partial charge in [-0.1, -0.05) is 31.2 Å². The van der Waals surface area contributed by atoms with Crippen molar-refractivity contribution in [2.45, 2.75) is 104 Å². The first-order valence-electron chi connectivity index (χ1n) is 17.6. The highest BCUT2D eigenvalue weighted by atomic mass is 16.2. The molecule has 8 rings (SSSR count). The second kappa shape index (κ2) is 11.3. The molecule has 8 heteroatoms. The lowest BCUT2D eigenvalue weighted by Crippen LogP contribution is -2.64. The van der Waals surface area contributed by atoms with Gasteiger partial charge in [-0.05, 0) is 130 Å². The maximum atomic E-state index is 14.2. The molecule has 4 aromatic rings. The molecule has 3 unspecified atom stereocenters. The van der Waals surface area contributed by atoms with Crippen molar-refractivity contribution >= 4 is 45.2 Å². The van der Waals surface area contributed by atoms with Crippen LogP contribution in [0, 0.1) is 0 Å². The molecule has 2 aliphatic heterocycles. The minimum Gasteiger partial charge on any atom is -0.281 e. The van der Waals surface area contributed by atoms with E-state index in [9.17, 15) is 19.2 Å². The Labute approximate surface area is 281 Å². The molecule has 4 amide bonds. The molecule has 0 saturated heterocycles. The summed E-state index contributed by atoms with van der Waals surface area (Å²) >= 11 is 0. The summed E-state index contributed by atoms with van der Waals surface area (Å²) in [5.74, 6) is -1.20. The Balaban J connectivity index is 1.10. The molecule has 4 aliphatic rings. The SMILES string of the molecule is CCC(NC(C)N1C(=O)c2ccc3c4c(ccc(c24)C1=O)CCC3)N(C(C)C)C(C)N1C(=O)c2ccc3c4c(ccc(c24)C1=O)CCC3. The van der Waals surface area contributed by atoms with E-state index in [1.165, 1.54) is 32.1 Å². The largest absolute Gasteiger partial charge is 0.281 e. The van der Waals surface area contributed by atoms with E-state index >= 15 is 0 Å². The average Bonchev–Trinajstić information content (AvgIpc) is 3.08. The number of nitrogens with one attached hydrogen (secondary N) is 1. The van der Waals surface area contributed by atoms with E-state index in [0.29, 0.717) is 28.7 Å². The number of benzene rings is 4. The smallest absolute Gasteiger partial charge is 0.262 e. The highest BCUT2D eigenvalue weighted by molar-refractivity contribution is 6.27. The number of hydrogen-bond acceptors (Lipinski definition) is 6. The number of imide groups is 2. The van der Waals surface area contributed by atoms with Crippen molar-refractivity contribution in [2.75, 3.05) is 0 Å². The van der Waals surface area contributed by atoms with Crippen LogP contribution in [0.25, 0.3) is 21.5 Å². The van der Waals surface area contributed by atoms with Gasteiger partial charge in [-0.2, -0.15) is 0 Å². The van der Waals surface area contributed by atoms with Crippen molar-refractivity contribution < 1.29 is 19.2 Å². The Morgan fingerprint density at radius 3 is 1.31 bits per heavy atom. The lowest BCUT2D eigenvalue weighted by atomic mass is 9.83. The van der Waals surface area contributed by atoms with Crippen molar-refractivity contribution in [2.24, 2.45) is 0 Å². The number of rotatable bonds is 8. The third-order valence-electron chi connectivity index (χ3n) is 11.2. The van der Waals surface area contributed by atoms with Crippen LogP contribution in [0.2, 0.25) is 0 Å². The summed E-state index contributed by atoms with van der Waals surface area (Å²) in [5, 5.41) is 7.29. The second-order valence-corrected chi connectivity index (χ2v) is 14.2. The van der Waals surface area contributed by atoms with Gasteiger partial charge >= 0.3 is 0 Å². The minimum absolute atomic E-state index is 0.0772. The van der Waals surface area contributed by atoms with Crippen LogP contribution in [0.1, 0.15) is 118 Å². The van der Waals surface area contributed by atoms with E-state index in [2.05, 4.69) is 22.3 Å². The van der Waals surface area contributed by atoms with Crippen LogP contribution in [0.5, 0.6) is 0 Å². The van der Waals surface area contributed by atoms with Gasteiger partial charge in [-0.3, -0.25) is 39.2 Å². The monoisotopic (exact) mass is 642 g/mol. The van der Waals surface area contributed by atoms with E-state index in [1.807, 2.05) is 71.0 Å². The molecule has 2 aliphatic carbocycles. The average molecular weight is 643 g/mol. The number of aryl methyl sites for hydroxylation is 4. The maximum absolute atomic E-state index is 14.2. The number of hydrogen-bond donors (Lipinski definition) is 1. The topological polar surface area (TPSA) is 90.0 Å². The molecule has 1 N–H and O–H groups in total. The first kappa shape index (κ1) is 30.9. The van der Waals surface area contributed by atoms with Gasteiger partial charge in [0.2, 0.25) is 0 Å². The number of amides is 4. The van der Waals surface area contributed by atoms with Gasteiger partial charge < -0.3 is 0 Å². The second-order valence-electron chi connectivity index (χ2n) is 14.2. The predicted octanol–water partition coefficient (Wildman–Crippen LogP) is 6.59. The van der Waals surface area contributed by atoms with Gasteiger partial charge in [0.05, 0.1) is 18.5 Å². The first-order valence-corrected chi connectivity index (χ1v) is 17.6. The molecule has 0 saturated carbocycles. The molecule has 4 aromatic carbocycles. The van der Waals surface area contributed by atoms with Gasteiger partial charge in [-0.25, -0.2) is 0 Å². The molecule has 0 spiro atoms. The maximum Gasteiger partial charge on any atom is 0.262 e. The van der Waals surface area contributed by atoms with E-state index in [1.54, 1.807) is 0 Å². The molecule has 3 atom stereocenters. The van der Waals surface area contributed by atoms with Crippen LogP contribution >= 0.6 is 0 Å². The Morgan fingerprint density at radius 2 is 0.958 bits per heavy atom. The van der Waals surface area contributed by atoms with E-state index in [0.717, 1.165) is 60.1 Å². The molecule has 0 aromatic heterocycles. The Kier molecular flexibility index (Phi) is 7.31. The molecule has 0 bridgehead atoms. The summed E-state index contributed by atoms with van der Waals surface area (Å²) < 4.78 is 0. The van der Waals surface area contributed by atoms with Crippen LogP contribution < -0.4 is 5.32 Å². The fraction of sp³-hybridized carbons (Fsp3) is 0.400. The molecule has 246 valence electrons. The predicted molar refractivity (Wildman–Crippen MR) is 186 cm³/mol. The summed E-state index contributed by atoms with van der Waals surface area (Å²) in [6, 6.07) is 15.7. The molecule has 2 heterocycles. The molecule has 0 radical (unpaired) electrons. The first-order chi connectivity index (χ1) is 23.1. The minimum atomic E-state index is -0.650. The van der Waals surface area contributed by atoms with Crippen molar-refractivity contribution in [3.8, 4) is 0 Å². The number of carbonyl (C=O) groups is 4. The summed E-state index contributed by atoms with van der Waals surface area (Å²) in [4.78, 5) is 61.4. The highest BCUT2D eigenvalue weighted by Crippen LogP contribution is 2.40. The van der Waals surface area contributed by atoms with E-state index in [4.69, 9.17) is 0 Å². The lowest BCUT2D eigenvalue weighted by Gasteiger charge is -2.46. The standard InChI is InChI=1S/C40H42N4O4/c1-6-32(41-22(4)43-37(45)28-17-13-24-9-7-10-25-14-18-29(38(43)46)35(28)33(24)25)42(21(2)3)23(5)44-39(47)30-19-15-26-11-8-12-27-16-20-31(40(44)48)36(30)34(26)27/h13-23,32,41H,6-12H2,1-5H3. The fourth-order valence-electron chi connectivity index (χ4n) is 9.12. The van der Waals surface area contributed by atoms with Crippen molar-refractivity contribution in [3.63, 3.8) is 0 Å². The zero-order valence-electron chi connectivity index (χ0n) is 28.4. The third kappa shape index (κ3) is 4.35. The molecule has 8 nitrogen and oxygen atoms in total. The normalized spacial score (nSPS) is 18.8. The van der Waals surface area contributed by atoms with Gasteiger partial charge in [0.15, 0.2) is 0 Å². The molecule has 0 fully saturated rings. The van der Waals surface area contributed by atoms with Crippen molar-refractivity contribution in [1.29, 1.82) is 0 Å². The zero-order chi connectivity index (χ0) is 33.6. The van der Waals surface area contributed by atoms with Gasteiger partial charge in [0.25, 0.3) is 23.6 Å². The van der Waals surface area contributed by atoms with E-state index in [-0.39, 0.29) is 35.8 Å². The quantitative estimate of drug-likeness (QED) is 0.172. The Morgan fingerprint density at radius 1 is 0.583 bits per heavy atom. The number of carbonyl (C=O) groups excluding carboxylic acids is 4. The van der Waals surface area contributed by atoms with Crippen LogP contribution in [0.15, 0.2) is 48.5 Å². The van der Waals surface area contributed by atoms with Crippen molar-refractivity contribution in [3.05, 3.63) is 93.0 Å². The summed E-state index contributed by atoms with van der Waals surface area (Å²) in [6.45, 7) is 9.84. The van der Waals surface area contributed by atoms with Gasteiger partial charge in [0.1, 0.15) is 0 Å². The van der Waals surface area contributed by atoms with Crippen LogP contribution in [0.3, 0.4) is 0 Å². The fourth-order valence-corrected chi connectivity index (χ4v) is 9.12. The lowest BCUT2D eigenvalue weighted by molar-refractivity contribution is -0.00987. The Hall–Kier alpha value is -4.40. The van der Waals surface area contributed by atoms with E-state index < -0.39 is 12.3 Å².